The van der Waals surface area contributed by atoms with Gasteiger partial charge >= 0.3 is 0 Å². The number of hydrogen-bond donors (Lipinski definition) is 1. The van der Waals surface area contributed by atoms with Crippen molar-refractivity contribution in [3.63, 3.8) is 0 Å². The van der Waals surface area contributed by atoms with Crippen LogP contribution in [-0.4, -0.2) is 5.91 Å². The highest BCUT2D eigenvalue weighted by molar-refractivity contribution is 6.01. The van der Waals surface area contributed by atoms with Crippen LogP contribution in [0.2, 0.25) is 0 Å². The molecule has 2 aromatic rings. The Balaban J connectivity index is 1.99. The first-order valence-electron chi connectivity index (χ1n) is 5.95. The number of amides is 1. The lowest BCUT2D eigenvalue weighted by atomic mass is 10.1. The minimum atomic E-state index is -0.375. The standard InChI is InChI=1S/C16H14FNO/c1-12-5-7-13(8-6-12)9-10-16(19)18-15-4-2-3-14(17)11-15/h2-11H,1H3,(H,18,19)/b10-9+. The summed E-state index contributed by atoms with van der Waals surface area (Å²) < 4.78 is 12.9. The van der Waals surface area contributed by atoms with E-state index in [9.17, 15) is 9.18 Å². The zero-order chi connectivity index (χ0) is 13.7. The number of halogens is 1. The lowest BCUT2D eigenvalue weighted by molar-refractivity contribution is -0.111. The molecule has 1 amide bonds. The SMILES string of the molecule is Cc1ccc(/C=C/C(=O)Nc2cccc(F)c2)cc1. The maximum absolute atomic E-state index is 12.9. The molecular weight excluding hydrogens is 241 g/mol. The Kier molecular flexibility index (Phi) is 4.08. The molecule has 0 heterocycles. The van der Waals surface area contributed by atoms with Gasteiger partial charge in [-0.15, -0.1) is 0 Å². The van der Waals surface area contributed by atoms with Gasteiger partial charge in [-0.3, -0.25) is 4.79 Å². The van der Waals surface area contributed by atoms with E-state index < -0.39 is 0 Å². The minimum Gasteiger partial charge on any atom is -0.322 e. The average molecular weight is 255 g/mol. The van der Waals surface area contributed by atoms with Crippen LogP contribution in [0.5, 0.6) is 0 Å². The van der Waals surface area contributed by atoms with Gasteiger partial charge < -0.3 is 5.32 Å². The minimum absolute atomic E-state index is 0.286. The van der Waals surface area contributed by atoms with E-state index in [1.165, 1.54) is 23.8 Å². The highest BCUT2D eigenvalue weighted by Gasteiger charge is 1.98. The third kappa shape index (κ3) is 4.07. The number of hydrogen-bond acceptors (Lipinski definition) is 1. The summed E-state index contributed by atoms with van der Waals surface area (Å²) in [6, 6.07) is 13.6. The van der Waals surface area contributed by atoms with Gasteiger partial charge in [-0.25, -0.2) is 4.39 Å². The number of benzene rings is 2. The summed E-state index contributed by atoms with van der Waals surface area (Å²) in [5.74, 6) is -0.661. The zero-order valence-electron chi connectivity index (χ0n) is 10.6. The summed E-state index contributed by atoms with van der Waals surface area (Å²) >= 11 is 0. The highest BCUT2D eigenvalue weighted by atomic mass is 19.1. The first-order valence-corrected chi connectivity index (χ1v) is 5.95. The van der Waals surface area contributed by atoms with E-state index in [2.05, 4.69) is 5.32 Å². The fourth-order valence-corrected chi connectivity index (χ4v) is 1.60. The first kappa shape index (κ1) is 13.0. The molecule has 0 aliphatic rings. The van der Waals surface area contributed by atoms with Gasteiger partial charge in [-0.1, -0.05) is 35.9 Å². The lowest BCUT2D eigenvalue weighted by Crippen LogP contribution is -2.07. The lowest BCUT2D eigenvalue weighted by Gasteiger charge is -2.01. The second kappa shape index (κ2) is 5.96. The molecule has 0 radical (unpaired) electrons. The topological polar surface area (TPSA) is 29.1 Å². The van der Waals surface area contributed by atoms with Gasteiger partial charge in [0.1, 0.15) is 5.82 Å². The van der Waals surface area contributed by atoms with Crippen molar-refractivity contribution in [3.05, 3.63) is 71.6 Å². The van der Waals surface area contributed by atoms with Crippen LogP contribution in [0.4, 0.5) is 10.1 Å². The highest BCUT2D eigenvalue weighted by Crippen LogP contribution is 2.09. The average Bonchev–Trinajstić information content (AvgIpc) is 2.38. The van der Waals surface area contributed by atoms with Crippen molar-refractivity contribution < 1.29 is 9.18 Å². The molecule has 0 saturated heterocycles. The zero-order valence-corrected chi connectivity index (χ0v) is 10.6. The molecule has 0 unspecified atom stereocenters. The number of anilines is 1. The molecule has 0 aliphatic carbocycles. The molecule has 0 bridgehead atoms. The van der Waals surface area contributed by atoms with E-state index in [-0.39, 0.29) is 11.7 Å². The Hall–Kier alpha value is -2.42. The molecule has 0 aliphatic heterocycles. The molecular formula is C16H14FNO. The smallest absolute Gasteiger partial charge is 0.248 e. The van der Waals surface area contributed by atoms with Crippen molar-refractivity contribution >= 4 is 17.7 Å². The fourth-order valence-electron chi connectivity index (χ4n) is 1.60. The van der Waals surface area contributed by atoms with Gasteiger partial charge in [-0.2, -0.15) is 0 Å². The molecule has 0 aromatic heterocycles. The van der Waals surface area contributed by atoms with Gasteiger partial charge in [0.2, 0.25) is 5.91 Å². The first-order chi connectivity index (χ1) is 9.13. The summed E-state index contributed by atoms with van der Waals surface area (Å²) in [6.45, 7) is 2.00. The molecule has 0 atom stereocenters. The Bertz CT molecular complexity index is 602. The van der Waals surface area contributed by atoms with Crippen molar-refractivity contribution in [2.75, 3.05) is 5.32 Å². The monoisotopic (exact) mass is 255 g/mol. The molecule has 3 heteroatoms. The van der Waals surface area contributed by atoms with Crippen LogP contribution >= 0.6 is 0 Å². The van der Waals surface area contributed by atoms with E-state index >= 15 is 0 Å². The molecule has 19 heavy (non-hydrogen) atoms. The van der Waals surface area contributed by atoms with E-state index in [4.69, 9.17) is 0 Å². The third-order valence-corrected chi connectivity index (χ3v) is 2.60. The number of carbonyl (C=O) groups is 1. The van der Waals surface area contributed by atoms with Crippen molar-refractivity contribution in [2.45, 2.75) is 6.92 Å². The molecule has 2 aromatic carbocycles. The maximum Gasteiger partial charge on any atom is 0.248 e. The summed E-state index contributed by atoms with van der Waals surface area (Å²) in [5.41, 5.74) is 2.56. The van der Waals surface area contributed by atoms with Crippen molar-refractivity contribution in [1.29, 1.82) is 0 Å². The Morgan fingerprint density at radius 3 is 2.58 bits per heavy atom. The predicted molar refractivity (Wildman–Crippen MR) is 75.2 cm³/mol. The Morgan fingerprint density at radius 2 is 1.89 bits per heavy atom. The summed E-state index contributed by atoms with van der Waals surface area (Å²) in [4.78, 5) is 11.6. The van der Waals surface area contributed by atoms with Crippen molar-refractivity contribution in [3.8, 4) is 0 Å². The number of nitrogens with one attached hydrogen (secondary N) is 1. The van der Waals surface area contributed by atoms with Crippen LogP contribution in [-0.2, 0) is 4.79 Å². The predicted octanol–water partition coefficient (Wildman–Crippen LogP) is 3.79. The van der Waals surface area contributed by atoms with Crippen molar-refractivity contribution in [2.24, 2.45) is 0 Å². The summed E-state index contributed by atoms with van der Waals surface area (Å²) in [7, 11) is 0. The Morgan fingerprint density at radius 1 is 1.16 bits per heavy atom. The quantitative estimate of drug-likeness (QED) is 0.831. The molecule has 0 fully saturated rings. The fraction of sp³-hybridized carbons (Fsp3) is 0.0625. The Labute approximate surface area is 111 Å². The van der Waals surface area contributed by atoms with Gasteiger partial charge in [0, 0.05) is 11.8 Å². The molecule has 2 nitrogen and oxygen atoms in total. The molecule has 96 valence electrons. The molecule has 0 spiro atoms. The molecule has 1 N–H and O–H groups in total. The van der Waals surface area contributed by atoms with Crippen LogP contribution in [0, 0.1) is 12.7 Å². The van der Waals surface area contributed by atoms with E-state index in [0.29, 0.717) is 5.69 Å². The van der Waals surface area contributed by atoms with Crippen LogP contribution in [0.3, 0.4) is 0 Å². The van der Waals surface area contributed by atoms with Crippen molar-refractivity contribution in [1.82, 2.24) is 0 Å². The van der Waals surface area contributed by atoms with Gasteiger partial charge in [-0.05, 0) is 36.8 Å². The number of aryl methyl sites for hydroxylation is 1. The number of carbonyl (C=O) groups excluding carboxylic acids is 1. The third-order valence-electron chi connectivity index (χ3n) is 2.60. The van der Waals surface area contributed by atoms with Gasteiger partial charge in [0.05, 0.1) is 0 Å². The number of rotatable bonds is 3. The van der Waals surface area contributed by atoms with Gasteiger partial charge in [0.25, 0.3) is 0 Å². The van der Waals surface area contributed by atoms with Crippen LogP contribution in [0.1, 0.15) is 11.1 Å². The van der Waals surface area contributed by atoms with E-state index in [0.717, 1.165) is 5.56 Å². The van der Waals surface area contributed by atoms with Gasteiger partial charge in [0.15, 0.2) is 0 Å². The summed E-state index contributed by atoms with van der Waals surface area (Å²) in [6.07, 6.45) is 3.14. The van der Waals surface area contributed by atoms with E-state index in [1.54, 1.807) is 18.2 Å². The van der Waals surface area contributed by atoms with Crippen LogP contribution in [0.25, 0.3) is 6.08 Å². The second-order valence-electron chi connectivity index (χ2n) is 4.24. The molecule has 0 saturated carbocycles. The normalized spacial score (nSPS) is 10.6. The largest absolute Gasteiger partial charge is 0.322 e. The molecule has 2 rings (SSSR count). The maximum atomic E-state index is 12.9. The van der Waals surface area contributed by atoms with Crippen LogP contribution in [0.15, 0.2) is 54.6 Å². The second-order valence-corrected chi connectivity index (χ2v) is 4.24. The summed E-state index contributed by atoms with van der Waals surface area (Å²) in [5, 5.41) is 2.60. The van der Waals surface area contributed by atoms with Crippen LogP contribution < -0.4 is 5.32 Å². The van der Waals surface area contributed by atoms with E-state index in [1.807, 2.05) is 31.2 Å².